The topological polar surface area (TPSA) is 121 Å². The van der Waals surface area contributed by atoms with E-state index in [1.807, 2.05) is 0 Å². The molecule has 3 aromatic heterocycles. The number of pyridine rings is 1. The lowest BCUT2D eigenvalue weighted by Crippen LogP contribution is -2.13. The fourth-order valence-corrected chi connectivity index (χ4v) is 2.86. The molecule has 0 spiro atoms. The van der Waals surface area contributed by atoms with Crippen molar-refractivity contribution in [3.05, 3.63) is 59.9 Å². The first kappa shape index (κ1) is 19.2. The molecule has 0 radical (unpaired) electrons. The van der Waals surface area contributed by atoms with Gasteiger partial charge in [-0.1, -0.05) is 18.2 Å². The Hall–Kier alpha value is -4.15. The van der Waals surface area contributed by atoms with Gasteiger partial charge in [-0.15, -0.1) is 0 Å². The third kappa shape index (κ3) is 3.60. The van der Waals surface area contributed by atoms with Crippen LogP contribution >= 0.6 is 0 Å². The molecule has 0 saturated heterocycles. The Morgan fingerprint density at radius 3 is 2.77 bits per heavy atom. The normalized spacial score (nSPS) is 10.9. The fourth-order valence-electron chi connectivity index (χ4n) is 2.86. The van der Waals surface area contributed by atoms with E-state index < -0.39 is 17.7 Å². The Labute approximate surface area is 168 Å². The number of ether oxygens (including phenoxy) is 1. The van der Waals surface area contributed by atoms with Crippen LogP contribution in [0.2, 0.25) is 0 Å². The highest BCUT2D eigenvalue weighted by atomic mass is 19.1. The Balaban J connectivity index is 1.79. The van der Waals surface area contributed by atoms with Crippen LogP contribution in [0.4, 0.5) is 25.1 Å². The van der Waals surface area contributed by atoms with Gasteiger partial charge >= 0.3 is 6.09 Å². The standard InChI is InChI=1S/C19H15F2N7O2/c1-30-19(29)25-14-8-23-17(26-16(14)22)15-12-6-11(20)7-24-18(12)28(27-15)9-10-4-2-3-5-13(10)21/h2-8H,9H2,1H3,(H,25,29)(H2,22,23,26). The van der Waals surface area contributed by atoms with E-state index in [1.54, 1.807) is 18.2 Å². The maximum atomic E-state index is 14.1. The van der Waals surface area contributed by atoms with Crippen molar-refractivity contribution in [3.8, 4) is 11.5 Å². The Kier molecular flexibility index (Phi) is 4.92. The third-order valence-electron chi connectivity index (χ3n) is 4.28. The number of nitrogens with one attached hydrogen (secondary N) is 1. The quantitative estimate of drug-likeness (QED) is 0.529. The van der Waals surface area contributed by atoms with Crippen molar-refractivity contribution in [2.24, 2.45) is 0 Å². The van der Waals surface area contributed by atoms with Crippen LogP contribution in [0.1, 0.15) is 5.56 Å². The molecule has 0 unspecified atom stereocenters. The molecule has 30 heavy (non-hydrogen) atoms. The average molecular weight is 411 g/mol. The molecule has 1 aromatic carbocycles. The summed E-state index contributed by atoms with van der Waals surface area (Å²) >= 11 is 0. The van der Waals surface area contributed by atoms with Gasteiger partial charge in [-0.2, -0.15) is 5.10 Å². The molecule has 3 heterocycles. The fraction of sp³-hybridized carbons (Fsp3) is 0.105. The second-order valence-corrected chi connectivity index (χ2v) is 6.23. The van der Waals surface area contributed by atoms with Crippen LogP contribution in [0.5, 0.6) is 0 Å². The second-order valence-electron chi connectivity index (χ2n) is 6.23. The number of nitrogen functional groups attached to an aromatic ring is 1. The minimum absolute atomic E-state index is 0.0356. The van der Waals surface area contributed by atoms with Gasteiger partial charge in [-0.05, 0) is 12.1 Å². The number of nitrogens with zero attached hydrogens (tertiary/aromatic N) is 5. The van der Waals surface area contributed by atoms with E-state index in [9.17, 15) is 13.6 Å². The van der Waals surface area contributed by atoms with Gasteiger partial charge in [0.05, 0.1) is 31.4 Å². The molecule has 0 bridgehead atoms. The molecule has 3 N–H and O–H groups in total. The molecular weight excluding hydrogens is 396 g/mol. The van der Waals surface area contributed by atoms with Crippen LogP contribution < -0.4 is 11.1 Å². The number of carbonyl (C=O) groups excluding carboxylic acids is 1. The zero-order valence-corrected chi connectivity index (χ0v) is 15.6. The van der Waals surface area contributed by atoms with Crippen molar-refractivity contribution >= 4 is 28.6 Å². The molecule has 11 heteroatoms. The summed E-state index contributed by atoms with van der Waals surface area (Å²) in [5.41, 5.74) is 6.96. The predicted octanol–water partition coefficient (Wildman–Crippen LogP) is 2.98. The number of aromatic nitrogens is 5. The summed E-state index contributed by atoms with van der Waals surface area (Å²) in [4.78, 5) is 23.7. The smallest absolute Gasteiger partial charge is 0.411 e. The number of benzene rings is 1. The number of halogens is 2. The molecular formula is C19H15F2N7O2. The number of fused-ring (bicyclic) bond motifs is 1. The average Bonchev–Trinajstić information content (AvgIpc) is 3.08. The number of amides is 1. The van der Waals surface area contributed by atoms with Gasteiger partial charge in [0.1, 0.15) is 23.0 Å². The number of methoxy groups -OCH3 is 1. The molecule has 0 aliphatic carbocycles. The zero-order chi connectivity index (χ0) is 21.3. The minimum Gasteiger partial charge on any atom is -0.453 e. The van der Waals surface area contributed by atoms with Gasteiger partial charge in [-0.25, -0.2) is 33.2 Å². The van der Waals surface area contributed by atoms with Gasteiger partial charge in [-0.3, -0.25) is 5.32 Å². The zero-order valence-electron chi connectivity index (χ0n) is 15.6. The van der Waals surface area contributed by atoms with Crippen LogP contribution in [-0.2, 0) is 11.3 Å². The van der Waals surface area contributed by atoms with Crippen molar-refractivity contribution in [2.45, 2.75) is 6.54 Å². The highest BCUT2D eigenvalue weighted by molar-refractivity contribution is 5.91. The van der Waals surface area contributed by atoms with E-state index in [-0.39, 0.29) is 29.6 Å². The maximum absolute atomic E-state index is 14.1. The summed E-state index contributed by atoms with van der Waals surface area (Å²) in [6.45, 7) is 0.0687. The van der Waals surface area contributed by atoms with Crippen molar-refractivity contribution < 1.29 is 18.3 Å². The van der Waals surface area contributed by atoms with Gasteiger partial charge in [0.25, 0.3) is 0 Å². The Morgan fingerprint density at radius 2 is 2.03 bits per heavy atom. The molecule has 1 amide bonds. The summed E-state index contributed by atoms with van der Waals surface area (Å²) < 4.78 is 33.9. The van der Waals surface area contributed by atoms with Crippen LogP contribution in [0.3, 0.4) is 0 Å². The minimum atomic E-state index is -0.732. The van der Waals surface area contributed by atoms with Gasteiger partial charge < -0.3 is 10.5 Å². The van der Waals surface area contributed by atoms with E-state index in [4.69, 9.17) is 5.73 Å². The van der Waals surface area contributed by atoms with Crippen LogP contribution in [-0.4, -0.2) is 37.9 Å². The van der Waals surface area contributed by atoms with Gasteiger partial charge in [0, 0.05) is 5.56 Å². The number of carbonyl (C=O) groups is 1. The summed E-state index contributed by atoms with van der Waals surface area (Å²) in [6, 6.07) is 7.48. The van der Waals surface area contributed by atoms with Crippen molar-refractivity contribution in [2.75, 3.05) is 18.2 Å². The molecule has 152 valence electrons. The number of hydrogen-bond acceptors (Lipinski definition) is 7. The Bertz CT molecular complexity index is 1260. The monoisotopic (exact) mass is 411 g/mol. The van der Waals surface area contributed by atoms with Crippen molar-refractivity contribution in [1.29, 1.82) is 0 Å². The molecule has 4 aromatic rings. The highest BCUT2D eigenvalue weighted by Crippen LogP contribution is 2.28. The van der Waals surface area contributed by atoms with Crippen LogP contribution in [0.25, 0.3) is 22.6 Å². The summed E-state index contributed by atoms with van der Waals surface area (Å²) in [7, 11) is 1.21. The van der Waals surface area contributed by atoms with E-state index in [0.717, 1.165) is 6.20 Å². The van der Waals surface area contributed by atoms with E-state index >= 15 is 0 Å². The molecule has 0 aliphatic rings. The van der Waals surface area contributed by atoms with E-state index in [1.165, 1.54) is 30.1 Å². The predicted molar refractivity (Wildman–Crippen MR) is 104 cm³/mol. The van der Waals surface area contributed by atoms with E-state index in [0.29, 0.717) is 16.6 Å². The highest BCUT2D eigenvalue weighted by Gasteiger charge is 2.19. The SMILES string of the molecule is COC(=O)Nc1cnc(-c2nn(Cc3ccccc3F)c3ncc(F)cc23)nc1N. The number of hydrogen-bond donors (Lipinski definition) is 2. The Morgan fingerprint density at radius 1 is 1.23 bits per heavy atom. The summed E-state index contributed by atoms with van der Waals surface area (Å²) in [5, 5.41) is 7.12. The van der Waals surface area contributed by atoms with Crippen LogP contribution in [0.15, 0.2) is 42.7 Å². The van der Waals surface area contributed by atoms with Gasteiger partial charge in [0.2, 0.25) is 0 Å². The third-order valence-corrected chi connectivity index (χ3v) is 4.28. The van der Waals surface area contributed by atoms with E-state index in [2.05, 4.69) is 30.1 Å². The molecule has 0 fully saturated rings. The lowest BCUT2D eigenvalue weighted by Gasteiger charge is -2.06. The lowest BCUT2D eigenvalue weighted by atomic mass is 10.2. The second kappa shape index (κ2) is 7.70. The largest absolute Gasteiger partial charge is 0.453 e. The number of anilines is 2. The van der Waals surface area contributed by atoms with Crippen molar-refractivity contribution in [3.63, 3.8) is 0 Å². The summed E-state index contributed by atoms with van der Waals surface area (Å²) in [6.07, 6.45) is 1.59. The number of rotatable bonds is 4. The maximum Gasteiger partial charge on any atom is 0.411 e. The molecule has 0 atom stereocenters. The van der Waals surface area contributed by atoms with Crippen LogP contribution in [0, 0.1) is 11.6 Å². The molecule has 9 nitrogen and oxygen atoms in total. The first-order valence-electron chi connectivity index (χ1n) is 8.69. The number of nitrogens with two attached hydrogens (primary N) is 1. The van der Waals surface area contributed by atoms with Crippen molar-refractivity contribution in [1.82, 2.24) is 24.7 Å². The molecule has 0 aliphatic heterocycles. The van der Waals surface area contributed by atoms with Gasteiger partial charge in [0.15, 0.2) is 17.3 Å². The summed E-state index contributed by atoms with van der Waals surface area (Å²) in [5.74, 6) is -0.922. The molecule has 0 saturated carbocycles. The first-order chi connectivity index (χ1) is 14.5. The lowest BCUT2D eigenvalue weighted by molar-refractivity contribution is 0.187. The molecule has 4 rings (SSSR count). The first-order valence-corrected chi connectivity index (χ1v) is 8.69.